The van der Waals surface area contributed by atoms with E-state index in [4.69, 9.17) is 11.6 Å². The van der Waals surface area contributed by atoms with Crippen molar-refractivity contribution in [1.29, 1.82) is 0 Å². The molecule has 26 heavy (non-hydrogen) atoms. The van der Waals surface area contributed by atoms with Gasteiger partial charge in [-0.25, -0.2) is 9.37 Å². The SMILES string of the molecule is CC(C)(C)NC(=O)CN1CCC(Cc2nc3c(F)ccc(Cl)c3[nH]2)CC1. The standard InChI is InChI=1S/C19H26ClFN4O/c1-19(2,3)24-16(26)11-25-8-6-12(7-9-25)10-15-22-17-13(20)4-5-14(21)18(17)23-15/h4-5,12H,6-11H2,1-3H3,(H,22,23)(H,24,26). The molecule has 3 rings (SSSR count). The Balaban J connectivity index is 1.54. The second-order valence-corrected chi connectivity index (χ2v) is 8.57. The smallest absolute Gasteiger partial charge is 0.234 e. The number of carbonyl (C=O) groups is 1. The molecule has 0 atom stereocenters. The normalized spacial score (nSPS) is 17.0. The van der Waals surface area contributed by atoms with E-state index >= 15 is 0 Å². The molecular formula is C19H26ClFN4O. The van der Waals surface area contributed by atoms with Gasteiger partial charge in [-0.05, 0) is 64.8 Å². The van der Waals surface area contributed by atoms with E-state index in [2.05, 4.69) is 20.2 Å². The number of amides is 1. The lowest BCUT2D eigenvalue weighted by molar-refractivity contribution is -0.124. The first kappa shape index (κ1) is 19.1. The summed E-state index contributed by atoms with van der Waals surface area (Å²) in [4.78, 5) is 21.8. The molecule has 1 aliphatic heterocycles. The number of hydrogen-bond donors (Lipinski definition) is 2. The van der Waals surface area contributed by atoms with Crippen molar-refractivity contribution in [3.05, 3.63) is 28.8 Å². The molecule has 0 radical (unpaired) electrons. The van der Waals surface area contributed by atoms with E-state index in [1.165, 1.54) is 6.07 Å². The van der Waals surface area contributed by atoms with E-state index in [1.807, 2.05) is 20.8 Å². The maximum absolute atomic E-state index is 13.9. The van der Waals surface area contributed by atoms with Gasteiger partial charge in [-0.1, -0.05) is 11.6 Å². The van der Waals surface area contributed by atoms with Crippen molar-refractivity contribution < 1.29 is 9.18 Å². The van der Waals surface area contributed by atoms with Crippen LogP contribution in [0.4, 0.5) is 4.39 Å². The fraction of sp³-hybridized carbons (Fsp3) is 0.579. The molecule has 142 valence electrons. The molecule has 0 aliphatic carbocycles. The van der Waals surface area contributed by atoms with Crippen molar-refractivity contribution in [2.24, 2.45) is 5.92 Å². The average molecular weight is 381 g/mol. The third-order valence-corrected chi connectivity index (χ3v) is 4.98. The van der Waals surface area contributed by atoms with Gasteiger partial charge in [-0.2, -0.15) is 0 Å². The molecule has 1 aromatic heterocycles. The number of rotatable bonds is 4. The highest BCUT2D eigenvalue weighted by atomic mass is 35.5. The maximum Gasteiger partial charge on any atom is 0.234 e. The zero-order valence-electron chi connectivity index (χ0n) is 15.5. The molecule has 0 saturated carbocycles. The van der Waals surface area contributed by atoms with Crippen LogP contribution < -0.4 is 5.32 Å². The number of benzene rings is 1. The lowest BCUT2D eigenvalue weighted by Crippen LogP contribution is -2.47. The number of fused-ring (bicyclic) bond motifs is 1. The van der Waals surface area contributed by atoms with Gasteiger partial charge in [-0.3, -0.25) is 9.69 Å². The topological polar surface area (TPSA) is 61.0 Å². The molecule has 7 heteroatoms. The molecule has 1 fully saturated rings. The second kappa shape index (κ2) is 7.53. The number of carbonyl (C=O) groups excluding carboxylic acids is 1. The van der Waals surface area contributed by atoms with Gasteiger partial charge in [-0.15, -0.1) is 0 Å². The van der Waals surface area contributed by atoms with Gasteiger partial charge >= 0.3 is 0 Å². The number of nitrogens with one attached hydrogen (secondary N) is 2. The van der Waals surface area contributed by atoms with E-state index in [9.17, 15) is 9.18 Å². The molecule has 1 aromatic carbocycles. The third-order valence-electron chi connectivity index (χ3n) is 4.66. The van der Waals surface area contributed by atoms with Gasteiger partial charge in [0.1, 0.15) is 11.3 Å². The quantitative estimate of drug-likeness (QED) is 0.853. The molecule has 2 heterocycles. The lowest BCUT2D eigenvalue weighted by atomic mass is 9.93. The highest BCUT2D eigenvalue weighted by Crippen LogP contribution is 2.26. The number of H-pyrrole nitrogens is 1. The van der Waals surface area contributed by atoms with Gasteiger partial charge in [0.05, 0.1) is 17.1 Å². The number of aromatic nitrogens is 2. The minimum Gasteiger partial charge on any atom is -0.350 e. The first-order valence-electron chi connectivity index (χ1n) is 9.07. The molecule has 1 aliphatic rings. The number of nitrogens with zero attached hydrogens (tertiary/aromatic N) is 2. The Bertz CT molecular complexity index is 752. The number of piperidine rings is 1. The molecule has 1 amide bonds. The predicted octanol–water partition coefficient (Wildman–Crippen LogP) is 3.52. The molecule has 0 bridgehead atoms. The van der Waals surface area contributed by atoms with Gasteiger partial charge < -0.3 is 10.3 Å². The Morgan fingerprint density at radius 2 is 2.08 bits per heavy atom. The molecular weight excluding hydrogens is 355 g/mol. The molecule has 2 aromatic rings. The fourth-order valence-corrected chi connectivity index (χ4v) is 3.66. The number of aromatic amines is 1. The Morgan fingerprint density at radius 3 is 2.69 bits per heavy atom. The van der Waals surface area contributed by atoms with Gasteiger partial charge in [0.15, 0.2) is 5.82 Å². The minimum absolute atomic E-state index is 0.0679. The van der Waals surface area contributed by atoms with Crippen LogP contribution >= 0.6 is 11.6 Å². The van der Waals surface area contributed by atoms with E-state index < -0.39 is 0 Å². The minimum atomic E-state index is -0.355. The van der Waals surface area contributed by atoms with Crippen LogP contribution in [-0.2, 0) is 11.2 Å². The van der Waals surface area contributed by atoms with E-state index in [-0.39, 0.29) is 17.3 Å². The first-order chi connectivity index (χ1) is 12.2. The lowest BCUT2D eigenvalue weighted by Gasteiger charge is -2.32. The largest absolute Gasteiger partial charge is 0.350 e. The maximum atomic E-state index is 13.9. The highest BCUT2D eigenvalue weighted by Gasteiger charge is 2.23. The number of imidazole rings is 1. The van der Waals surface area contributed by atoms with Crippen LogP contribution in [0.5, 0.6) is 0 Å². The number of likely N-dealkylation sites (tertiary alicyclic amines) is 1. The van der Waals surface area contributed by atoms with Crippen molar-refractivity contribution in [1.82, 2.24) is 20.2 Å². The summed E-state index contributed by atoms with van der Waals surface area (Å²) in [5, 5.41) is 3.49. The van der Waals surface area contributed by atoms with Crippen molar-refractivity contribution in [2.45, 2.75) is 45.6 Å². The summed E-state index contributed by atoms with van der Waals surface area (Å²) in [6.45, 7) is 8.17. The van der Waals surface area contributed by atoms with E-state index in [1.54, 1.807) is 6.07 Å². The number of halogens is 2. The van der Waals surface area contributed by atoms with Crippen LogP contribution in [0.3, 0.4) is 0 Å². The monoisotopic (exact) mass is 380 g/mol. The van der Waals surface area contributed by atoms with Crippen LogP contribution in [0, 0.1) is 11.7 Å². The molecule has 2 N–H and O–H groups in total. The van der Waals surface area contributed by atoms with Crippen molar-refractivity contribution in [3.63, 3.8) is 0 Å². The van der Waals surface area contributed by atoms with Crippen LogP contribution in [0.25, 0.3) is 11.0 Å². The molecule has 1 saturated heterocycles. The Labute approximate surface area is 158 Å². The Kier molecular flexibility index (Phi) is 5.53. The molecule has 5 nitrogen and oxygen atoms in total. The summed E-state index contributed by atoms with van der Waals surface area (Å²) in [5.41, 5.74) is 0.675. The summed E-state index contributed by atoms with van der Waals surface area (Å²) >= 11 is 6.12. The fourth-order valence-electron chi connectivity index (χ4n) is 3.46. The van der Waals surface area contributed by atoms with Crippen LogP contribution in [-0.4, -0.2) is 45.9 Å². The van der Waals surface area contributed by atoms with E-state index in [0.29, 0.717) is 28.5 Å². The summed E-state index contributed by atoms with van der Waals surface area (Å²) in [6, 6.07) is 2.89. The van der Waals surface area contributed by atoms with Crippen LogP contribution in [0.15, 0.2) is 12.1 Å². The zero-order chi connectivity index (χ0) is 18.9. The van der Waals surface area contributed by atoms with Crippen molar-refractivity contribution in [3.8, 4) is 0 Å². The molecule has 0 unspecified atom stereocenters. The van der Waals surface area contributed by atoms with Crippen molar-refractivity contribution in [2.75, 3.05) is 19.6 Å². The summed E-state index contributed by atoms with van der Waals surface area (Å²) in [7, 11) is 0. The summed E-state index contributed by atoms with van der Waals surface area (Å²) in [6.07, 6.45) is 2.76. The van der Waals surface area contributed by atoms with Gasteiger partial charge in [0.2, 0.25) is 5.91 Å². The average Bonchev–Trinajstić information content (AvgIpc) is 2.96. The summed E-state index contributed by atoms with van der Waals surface area (Å²) < 4.78 is 13.9. The van der Waals surface area contributed by atoms with Crippen LogP contribution in [0.1, 0.15) is 39.4 Å². The predicted molar refractivity (Wildman–Crippen MR) is 102 cm³/mol. The van der Waals surface area contributed by atoms with Gasteiger partial charge in [0, 0.05) is 12.0 Å². The Morgan fingerprint density at radius 1 is 1.38 bits per heavy atom. The third kappa shape index (κ3) is 4.74. The second-order valence-electron chi connectivity index (χ2n) is 8.16. The Hall–Kier alpha value is -1.66. The van der Waals surface area contributed by atoms with E-state index in [0.717, 1.165) is 38.2 Å². The number of hydrogen-bond acceptors (Lipinski definition) is 3. The van der Waals surface area contributed by atoms with Crippen LogP contribution in [0.2, 0.25) is 5.02 Å². The summed E-state index contributed by atoms with van der Waals surface area (Å²) in [5.74, 6) is 0.959. The first-order valence-corrected chi connectivity index (χ1v) is 9.45. The highest BCUT2D eigenvalue weighted by molar-refractivity contribution is 6.34. The van der Waals surface area contributed by atoms with Gasteiger partial charge in [0.25, 0.3) is 0 Å². The molecule has 0 spiro atoms. The van der Waals surface area contributed by atoms with Crippen molar-refractivity contribution >= 4 is 28.5 Å². The zero-order valence-corrected chi connectivity index (χ0v) is 16.3.